The summed E-state index contributed by atoms with van der Waals surface area (Å²) in [5, 5.41) is 17.2. The van der Waals surface area contributed by atoms with Crippen LogP contribution in [0.25, 0.3) is 0 Å². The first-order valence-corrected chi connectivity index (χ1v) is 6.44. The second kappa shape index (κ2) is 13.9. The highest BCUT2D eigenvalue weighted by molar-refractivity contribution is 4.57. The fraction of sp³-hybridized carbons (Fsp3) is 1.00. The predicted molar refractivity (Wildman–Crippen MR) is 67.2 cm³/mol. The number of hydrogen-bond donors (Lipinski definition) is 2. The van der Waals surface area contributed by atoms with Gasteiger partial charge in [0, 0.05) is 13.1 Å². The number of ether oxygens (including phenoxy) is 2. The molecule has 0 saturated heterocycles. The van der Waals surface area contributed by atoms with E-state index < -0.39 is 0 Å². The Hall–Kier alpha value is -0.200. The van der Waals surface area contributed by atoms with Gasteiger partial charge in [-0.25, -0.2) is 0 Å². The van der Waals surface area contributed by atoms with E-state index in [4.69, 9.17) is 19.7 Å². The largest absolute Gasteiger partial charge is 0.394 e. The molecule has 0 spiro atoms. The van der Waals surface area contributed by atoms with Crippen molar-refractivity contribution in [2.45, 2.75) is 19.8 Å². The van der Waals surface area contributed by atoms with Crippen molar-refractivity contribution in [2.24, 2.45) is 0 Å². The lowest BCUT2D eigenvalue weighted by Crippen LogP contribution is -2.32. The van der Waals surface area contributed by atoms with E-state index in [1.54, 1.807) is 0 Å². The van der Waals surface area contributed by atoms with E-state index in [2.05, 4.69) is 11.8 Å². The van der Waals surface area contributed by atoms with Crippen molar-refractivity contribution in [3.8, 4) is 0 Å². The first kappa shape index (κ1) is 16.8. The fourth-order valence-electron chi connectivity index (χ4n) is 1.44. The molecule has 0 aliphatic rings. The topological polar surface area (TPSA) is 62.2 Å². The molecule has 2 N–H and O–H groups in total. The lowest BCUT2D eigenvalue weighted by molar-refractivity contribution is 0.0504. The lowest BCUT2D eigenvalue weighted by atomic mass is 10.3. The highest BCUT2D eigenvalue weighted by Crippen LogP contribution is 1.95. The standard InChI is InChI=1S/C12H27NO4/c1-2-3-4-13(5-9-16-11-7-14)6-10-17-12-8-15/h14-15H,2-12H2,1H3. The van der Waals surface area contributed by atoms with Crippen molar-refractivity contribution >= 4 is 0 Å². The molecule has 0 aliphatic heterocycles. The Morgan fingerprint density at radius 1 is 0.824 bits per heavy atom. The van der Waals surface area contributed by atoms with Gasteiger partial charge < -0.3 is 19.7 Å². The predicted octanol–water partition coefficient (Wildman–Crippen LogP) is 0.106. The lowest BCUT2D eigenvalue weighted by Gasteiger charge is -2.21. The van der Waals surface area contributed by atoms with Crippen molar-refractivity contribution in [3.63, 3.8) is 0 Å². The van der Waals surface area contributed by atoms with Gasteiger partial charge in [0.25, 0.3) is 0 Å². The van der Waals surface area contributed by atoms with Crippen molar-refractivity contribution in [2.75, 3.05) is 59.3 Å². The zero-order valence-electron chi connectivity index (χ0n) is 10.9. The quantitative estimate of drug-likeness (QED) is 0.454. The number of rotatable bonds is 13. The van der Waals surface area contributed by atoms with Gasteiger partial charge in [-0.05, 0) is 13.0 Å². The monoisotopic (exact) mass is 249 g/mol. The Balaban J connectivity index is 3.56. The molecule has 17 heavy (non-hydrogen) atoms. The van der Waals surface area contributed by atoms with Crippen LogP contribution in [0.1, 0.15) is 19.8 Å². The molecule has 0 unspecified atom stereocenters. The number of aliphatic hydroxyl groups excluding tert-OH is 2. The normalized spacial score (nSPS) is 11.3. The van der Waals surface area contributed by atoms with E-state index in [-0.39, 0.29) is 13.2 Å². The molecule has 0 aromatic rings. The van der Waals surface area contributed by atoms with Gasteiger partial charge in [-0.15, -0.1) is 0 Å². The molecule has 104 valence electrons. The van der Waals surface area contributed by atoms with Crippen LogP contribution in [0.4, 0.5) is 0 Å². The average molecular weight is 249 g/mol. The molecule has 0 rings (SSSR count). The van der Waals surface area contributed by atoms with Crippen LogP contribution in [0, 0.1) is 0 Å². The maximum absolute atomic E-state index is 8.59. The molecule has 0 atom stereocenters. The Kier molecular flexibility index (Phi) is 13.7. The number of aliphatic hydroxyl groups is 2. The summed E-state index contributed by atoms with van der Waals surface area (Å²) in [6.07, 6.45) is 2.34. The third kappa shape index (κ3) is 12.1. The molecule has 0 radical (unpaired) electrons. The zero-order valence-corrected chi connectivity index (χ0v) is 10.9. The highest BCUT2D eigenvalue weighted by atomic mass is 16.5. The first-order chi connectivity index (χ1) is 8.35. The summed E-state index contributed by atoms with van der Waals surface area (Å²) in [5.41, 5.74) is 0. The van der Waals surface area contributed by atoms with Crippen LogP contribution in [0.15, 0.2) is 0 Å². The van der Waals surface area contributed by atoms with Crippen molar-refractivity contribution in [1.29, 1.82) is 0 Å². The van der Waals surface area contributed by atoms with Crippen LogP contribution in [0.5, 0.6) is 0 Å². The molecular weight excluding hydrogens is 222 g/mol. The third-order valence-corrected chi connectivity index (χ3v) is 2.40. The van der Waals surface area contributed by atoms with Crippen molar-refractivity contribution in [3.05, 3.63) is 0 Å². The van der Waals surface area contributed by atoms with Crippen molar-refractivity contribution < 1.29 is 19.7 Å². The van der Waals surface area contributed by atoms with Crippen LogP contribution in [-0.4, -0.2) is 74.4 Å². The molecule has 5 nitrogen and oxygen atoms in total. The Bertz CT molecular complexity index is 134. The van der Waals surface area contributed by atoms with E-state index in [0.29, 0.717) is 26.4 Å². The highest BCUT2D eigenvalue weighted by Gasteiger charge is 2.04. The minimum Gasteiger partial charge on any atom is -0.394 e. The summed E-state index contributed by atoms with van der Waals surface area (Å²) >= 11 is 0. The maximum atomic E-state index is 8.59. The van der Waals surface area contributed by atoms with Crippen molar-refractivity contribution in [1.82, 2.24) is 4.90 Å². The molecule has 0 aromatic carbocycles. The maximum Gasteiger partial charge on any atom is 0.0698 e. The van der Waals surface area contributed by atoms with E-state index in [9.17, 15) is 0 Å². The van der Waals surface area contributed by atoms with E-state index in [1.165, 1.54) is 12.8 Å². The summed E-state index contributed by atoms with van der Waals surface area (Å²) < 4.78 is 10.5. The van der Waals surface area contributed by atoms with Gasteiger partial charge in [0.2, 0.25) is 0 Å². The van der Waals surface area contributed by atoms with E-state index >= 15 is 0 Å². The molecule has 0 heterocycles. The minimum atomic E-state index is 0.0779. The second-order valence-corrected chi connectivity index (χ2v) is 3.87. The van der Waals surface area contributed by atoms with Gasteiger partial charge >= 0.3 is 0 Å². The fourth-order valence-corrected chi connectivity index (χ4v) is 1.44. The Morgan fingerprint density at radius 2 is 1.35 bits per heavy atom. The smallest absolute Gasteiger partial charge is 0.0698 e. The molecule has 0 bridgehead atoms. The molecule has 0 fully saturated rings. The van der Waals surface area contributed by atoms with Gasteiger partial charge in [0.05, 0.1) is 39.6 Å². The molecule has 5 heteroatoms. The summed E-state index contributed by atoms with van der Waals surface area (Å²) in [6, 6.07) is 0. The van der Waals surface area contributed by atoms with Crippen LogP contribution in [0.2, 0.25) is 0 Å². The molecule has 0 saturated carbocycles. The van der Waals surface area contributed by atoms with Crippen LogP contribution < -0.4 is 0 Å². The summed E-state index contributed by atoms with van der Waals surface area (Å²) in [4.78, 5) is 2.29. The molecular formula is C12H27NO4. The van der Waals surface area contributed by atoms with Gasteiger partial charge in [-0.1, -0.05) is 13.3 Å². The number of nitrogens with zero attached hydrogens (tertiary/aromatic N) is 1. The minimum absolute atomic E-state index is 0.0779. The second-order valence-electron chi connectivity index (χ2n) is 3.87. The van der Waals surface area contributed by atoms with Crippen LogP contribution >= 0.6 is 0 Å². The SMILES string of the molecule is CCCCN(CCOCCO)CCOCCO. The van der Waals surface area contributed by atoms with E-state index in [0.717, 1.165) is 19.6 Å². The Morgan fingerprint density at radius 3 is 1.76 bits per heavy atom. The molecule has 0 aliphatic carbocycles. The van der Waals surface area contributed by atoms with Crippen LogP contribution in [-0.2, 0) is 9.47 Å². The van der Waals surface area contributed by atoms with Gasteiger partial charge in [-0.3, -0.25) is 4.90 Å². The average Bonchev–Trinajstić information content (AvgIpc) is 2.35. The third-order valence-electron chi connectivity index (χ3n) is 2.40. The number of unbranched alkanes of at least 4 members (excludes halogenated alkanes) is 1. The summed E-state index contributed by atoms with van der Waals surface area (Å²) in [6.45, 7) is 7.19. The van der Waals surface area contributed by atoms with E-state index in [1.807, 2.05) is 0 Å². The summed E-state index contributed by atoms with van der Waals surface area (Å²) in [5.74, 6) is 0. The summed E-state index contributed by atoms with van der Waals surface area (Å²) in [7, 11) is 0. The zero-order chi connectivity index (χ0) is 12.8. The first-order valence-electron chi connectivity index (χ1n) is 6.44. The van der Waals surface area contributed by atoms with Gasteiger partial charge in [0.1, 0.15) is 0 Å². The Labute approximate surface area is 104 Å². The van der Waals surface area contributed by atoms with Gasteiger partial charge in [-0.2, -0.15) is 0 Å². The molecule has 0 amide bonds. The van der Waals surface area contributed by atoms with Crippen LogP contribution in [0.3, 0.4) is 0 Å². The molecule has 0 aromatic heterocycles. The number of hydrogen-bond acceptors (Lipinski definition) is 5. The van der Waals surface area contributed by atoms with Gasteiger partial charge in [0.15, 0.2) is 0 Å².